The van der Waals surface area contributed by atoms with E-state index >= 15 is 4.39 Å². The van der Waals surface area contributed by atoms with Crippen molar-refractivity contribution in [2.75, 3.05) is 39.4 Å². The van der Waals surface area contributed by atoms with Crippen LogP contribution in [0.15, 0.2) is 35.6 Å². The third-order valence-electron chi connectivity index (χ3n) is 6.19. The second kappa shape index (κ2) is 11.3. The average molecular weight is 603 g/mol. The number of amidine groups is 1. The van der Waals surface area contributed by atoms with E-state index in [4.69, 9.17) is 14.2 Å². The summed E-state index contributed by atoms with van der Waals surface area (Å²) in [7, 11) is -1.85. The molecule has 4 rings (SSSR count). The van der Waals surface area contributed by atoms with E-state index < -0.39 is 39.8 Å². The van der Waals surface area contributed by atoms with Gasteiger partial charge >= 0.3 is 21.6 Å². The third kappa shape index (κ3) is 5.53. The minimum absolute atomic E-state index is 0.0261. The van der Waals surface area contributed by atoms with Crippen LogP contribution in [0.1, 0.15) is 28.7 Å². The quantitative estimate of drug-likeness (QED) is 0.390. The van der Waals surface area contributed by atoms with Gasteiger partial charge in [0.15, 0.2) is 11.5 Å². The van der Waals surface area contributed by atoms with Crippen molar-refractivity contribution in [1.29, 1.82) is 0 Å². The highest BCUT2D eigenvalue weighted by atomic mass is 32.2. The molecule has 17 heteroatoms. The van der Waals surface area contributed by atoms with E-state index in [0.717, 1.165) is 18.2 Å². The van der Waals surface area contributed by atoms with Gasteiger partial charge in [-0.15, -0.1) is 5.10 Å². The van der Waals surface area contributed by atoms with E-state index in [9.17, 15) is 26.4 Å². The molecule has 1 N–H and O–H groups in total. The summed E-state index contributed by atoms with van der Waals surface area (Å²) < 4.78 is 94.6. The number of aryl methyl sites for hydroxylation is 1. The number of benzene rings is 1. The lowest BCUT2D eigenvalue weighted by atomic mass is 10.1. The van der Waals surface area contributed by atoms with Crippen molar-refractivity contribution in [3.63, 3.8) is 0 Å². The molecule has 12 nitrogen and oxygen atoms in total. The molecule has 0 unspecified atom stereocenters. The number of halogens is 4. The van der Waals surface area contributed by atoms with Crippen LogP contribution in [0, 0.1) is 5.82 Å². The largest absolute Gasteiger partial charge is 0.516 e. The molecular formula is C24H26F4N6O6S. The first-order valence-electron chi connectivity index (χ1n) is 12.0. The molecule has 0 atom stereocenters. The van der Waals surface area contributed by atoms with E-state index in [0.29, 0.717) is 34.8 Å². The predicted octanol–water partition coefficient (Wildman–Crippen LogP) is 2.87. The molecule has 3 heterocycles. The van der Waals surface area contributed by atoms with Gasteiger partial charge < -0.3 is 19.5 Å². The Bertz CT molecular complexity index is 1610. The van der Waals surface area contributed by atoms with Crippen LogP contribution in [-0.2, 0) is 27.7 Å². The van der Waals surface area contributed by atoms with Gasteiger partial charge in [-0.25, -0.2) is 13.7 Å². The maximum atomic E-state index is 15.0. The van der Waals surface area contributed by atoms with Crippen molar-refractivity contribution in [2.45, 2.75) is 25.4 Å². The Hall–Kier alpha value is -4.28. The zero-order valence-electron chi connectivity index (χ0n) is 22.3. The Kier molecular flexibility index (Phi) is 8.19. The molecule has 0 saturated heterocycles. The van der Waals surface area contributed by atoms with Crippen LogP contribution in [0.5, 0.6) is 11.5 Å². The summed E-state index contributed by atoms with van der Waals surface area (Å²) in [4.78, 5) is 17.7. The number of hydrazone groups is 1. The lowest BCUT2D eigenvalue weighted by molar-refractivity contribution is -0.0477. The average Bonchev–Trinajstić information content (AvgIpc) is 3.31. The van der Waals surface area contributed by atoms with Crippen LogP contribution in [0.2, 0.25) is 0 Å². The van der Waals surface area contributed by atoms with Crippen LogP contribution in [-0.4, -0.2) is 74.0 Å². The maximum absolute atomic E-state index is 15.0. The highest BCUT2D eigenvalue weighted by Crippen LogP contribution is 2.31. The molecule has 222 valence electrons. The highest BCUT2D eigenvalue weighted by molar-refractivity contribution is 7.90. The van der Waals surface area contributed by atoms with E-state index in [1.54, 1.807) is 16.7 Å². The Morgan fingerprint density at radius 3 is 2.37 bits per heavy atom. The van der Waals surface area contributed by atoms with Gasteiger partial charge in [0.1, 0.15) is 17.2 Å². The summed E-state index contributed by atoms with van der Waals surface area (Å²) in [5.41, 5.74) is -4.05. The standard InChI is InChI=1S/C24H26F4N6O6S/c1-5-16-21(32-13-19(39-3)18(38-2)11-20(32)30-16)22(35)29-12-14-6-7-17(15(25)10-14)33-8-9-34(23(31-33)40-4)41(36,37)24(26,27)28/h6-7,10-11,13H,5,8-9,12H2,1-4H3,(H,29,35). The van der Waals surface area contributed by atoms with E-state index in [-0.39, 0.29) is 28.8 Å². The molecule has 1 aliphatic rings. The number of hydrogen-bond donors (Lipinski definition) is 1. The minimum Gasteiger partial charge on any atom is -0.493 e. The van der Waals surface area contributed by atoms with Gasteiger partial charge in [-0.1, -0.05) is 13.0 Å². The van der Waals surface area contributed by atoms with Gasteiger partial charge in [-0.3, -0.25) is 14.2 Å². The number of alkyl halides is 3. The number of fused-ring (bicyclic) bond motifs is 1. The second-order valence-corrected chi connectivity index (χ2v) is 10.5. The molecule has 0 radical (unpaired) electrons. The molecule has 41 heavy (non-hydrogen) atoms. The summed E-state index contributed by atoms with van der Waals surface area (Å²) in [6, 6.07) is 4.70. The van der Waals surface area contributed by atoms with Crippen molar-refractivity contribution < 1.29 is 45.0 Å². The normalized spacial score (nSPS) is 14.2. The maximum Gasteiger partial charge on any atom is 0.516 e. The molecule has 0 bridgehead atoms. The Balaban J connectivity index is 1.53. The summed E-state index contributed by atoms with van der Waals surface area (Å²) >= 11 is 0. The lowest BCUT2D eigenvalue weighted by Crippen LogP contribution is -2.51. The number of hydrogen-bond acceptors (Lipinski definition) is 9. The number of sulfonamides is 1. The number of nitrogens with one attached hydrogen (secondary N) is 1. The molecule has 0 saturated carbocycles. The fourth-order valence-corrected chi connectivity index (χ4v) is 5.07. The van der Waals surface area contributed by atoms with E-state index in [2.05, 4.69) is 15.4 Å². The van der Waals surface area contributed by atoms with E-state index in [1.807, 2.05) is 6.92 Å². The molecule has 1 aliphatic heterocycles. The number of nitrogens with zero attached hydrogens (tertiary/aromatic N) is 5. The van der Waals surface area contributed by atoms with Gasteiger partial charge in [0.05, 0.1) is 52.0 Å². The summed E-state index contributed by atoms with van der Waals surface area (Å²) in [5, 5.41) is 7.47. The van der Waals surface area contributed by atoms with E-state index in [1.165, 1.54) is 26.4 Å². The lowest BCUT2D eigenvalue weighted by Gasteiger charge is -2.32. The number of pyridine rings is 1. The SMILES string of the molecule is CCc1nc2cc(OC)c(OC)cn2c1C(=O)NCc1ccc(N2CCN(S(=O)(=O)C(F)(F)F)C(OC)=N2)c(F)c1. The number of ether oxygens (including phenoxy) is 3. The minimum atomic E-state index is -5.75. The van der Waals surface area contributed by atoms with Crippen molar-refractivity contribution in [3.8, 4) is 11.5 Å². The van der Waals surface area contributed by atoms with Crippen LogP contribution >= 0.6 is 0 Å². The highest BCUT2D eigenvalue weighted by Gasteiger charge is 2.52. The predicted molar refractivity (Wildman–Crippen MR) is 139 cm³/mol. The number of carbonyl (C=O) groups is 1. The molecule has 1 amide bonds. The molecule has 3 aromatic rings. The van der Waals surface area contributed by atoms with Gasteiger partial charge in [0, 0.05) is 12.6 Å². The number of imidazole rings is 1. The van der Waals surface area contributed by atoms with Crippen LogP contribution in [0.25, 0.3) is 5.65 Å². The fraction of sp³-hybridized carbons (Fsp3) is 0.375. The second-order valence-electron chi connectivity index (χ2n) is 8.60. The van der Waals surface area contributed by atoms with Crippen LogP contribution in [0.3, 0.4) is 0 Å². The zero-order chi connectivity index (χ0) is 30.1. The van der Waals surface area contributed by atoms with Gasteiger partial charge in [0.25, 0.3) is 5.91 Å². The van der Waals surface area contributed by atoms with Crippen molar-refractivity contribution in [3.05, 3.63) is 53.2 Å². The first-order valence-corrected chi connectivity index (χ1v) is 13.5. The number of amides is 1. The van der Waals surface area contributed by atoms with Gasteiger partial charge in [-0.05, 0) is 24.1 Å². The number of anilines is 1. The number of rotatable bonds is 8. The third-order valence-corrected chi connectivity index (χ3v) is 7.70. The summed E-state index contributed by atoms with van der Waals surface area (Å²) in [5.74, 6) is -0.435. The molecule has 1 aromatic carbocycles. The topological polar surface area (TPSA) is 127 Å². The Morgan fingerprint density at radius 1 is 1.07 bits per heavy atom. The summed E-state index contributed by atoms with van der Waals surface area (Å²) in [6.45, 7) is 0.722. The molecule has 0 aliphatic carbocycles. The molecule has 2 aromatic heterocycles. The number of methoxy groups -OCH3 is 3. The van der Waals surface area contributed by atoms with Gasteiger partial charge in [-0.2, -0.15) is 21.6 Å². The first-order chi connectivity index (χ1) is 19.4. The zero-order valence-corrected chi connectivity index (χ0v) is 23.1. The van der Waals surface area contributed by atoms with Crippen molar-refractivity contribution >= 4 is 33.3 Å². The molecule has 0 fully saturated rings. The Labute approximate surface area is 232 Å². The summed E-state index contributed by atoms with van der Waals surface area (Å²) in [6.07, 6.45) is 2.04. The number of aromatic nitrogens is 2. The van der Waals surface area contributed by atoms with Crippen molar-refractivity contribution in [1.82, 2.24) is 19.0 Å². The molecule has 0 spiro atoms. The smallest absolute Gasteiger partial charge is 0.493 e. The van der Waals surface area contributed by atoms with Crippen LogP contribution < -0.4 is 19.8 Å². The van der Waals surface area contributed by atoms with Crippen molar-refractivity contribution in [2.24, 2.45) is 5.10 Å². The molecular weight excluding hydrogens is 576 g/mol. The fourth-order valence-electron chi connectivity index (χ4n) is 4.19. The van der Waals surface area contributed by atoms with Gasteiger partial charge in [0.2, 0.25) is 0 Å². The monoisotopic (exact) mass is 602 g/mol. The first kappa shape index (κ1) is 29.7. The number of carbonyl (C=O) groups excluding carboxylic acids is 1. The van der Waals surface area contributed by atoms with Crippen LogP contribution in [0.4, 0.5) is 23.2 Å². The Morgan fingerprint density at radius 2 is 1.78 bits per heavy atom.